The van der Waals surface area contributed by atoms with Crippen LogP contribution in [0.2, 0.25) is 0 Å². The van der Waals surface area contributed by atoms with Gasteiger partial charge < -0.3 is 18.8 Å². The van der Waals surface area contributed by atoms with Crippen LogP contribution in [0.3, 0.4) is 0 Å². The molecule has 156 valence electrons. The molecule has 0 spiro atoms. The molecule has 1 heterocycles. The molecule has 1 aliphatic rings. The smallest absolute Gasteiger partial charge is 0.349 e. The van der Waals surface area contributed by atoms with Gasteiger partial charge in [0.05, 0.1) is 14.2 Å². The summed E-state index contributed by atoms with van der Waals surface area (Å²) >= 11 is 0. The summed E-state index contributed by atoms with van der Waals surface area (Å²) in [5.41, 5.74) is 0.795. The van der Waals surface area contributed by atoms with Crippen molar-refractivity contribution in [3.05, 3.63) is 70.1 Å². The first-order valence-corrected chi connectivity index (χ1v) is 10.2. The number of rotatable bonds is 6. The molecule has 0 saturated heterocycles. The fourth-order valence-corrected chi connectivity index (χ4v) is 4.11. The van der Waals surface area contributed by atoms with Crippen LogP contribution >= 0.6 is 0 Å². The minimum absolute atomic E-state index is 0.0630. The van der Waals surface area contributed by atoms with Gasteiger partial charge in [-0.25, -0.2) is 4.79 Å². The summed E-state index contributed by atoms with van der Waals surface area (Å²) in [6, 6.07) is 14.5. The van der Waals surface area contributed by atoms with Gasteiger partial charge in [0.15, 0.2) is 0 Å². The first-order chi connectivity index (χ1) is 14.6. The van der Waals surface area contributed by atoms with Crippen LogP contribution in [0, 0.1) is 0 Å². The first kappa shape index (κ1) is 20.0. The fraction of sp³-hybridized carbons (Fsp3) is 0.333. The second kappa shape index (κ2) is 8.61. The van der Waals surface area contributed by atoms with Gasteiger partial charge in [-0.1, -0.05) is 31.0 Å². The molecule has 0 radical (unpaired) electrons. The van der Waals surface area contributed by atoms with Crippen molar-refractivity contribution < 1.29 is 18.7 Å². The topological polar surface area (TPSA) is 69.0 Å². The quantitative estimate of drug-likeness (QED) is 0.567. The molecule has 1 aliphatic carbocycles. The molecule has 0 unspecified atom stereocenters. The van der Waals surface area contributed by atoms with Crippen molar-refractivity contribution in [3.63, 3.8) is 0 Å². The summed E-state index contributed by atoms with van der Waals surface area (Å²) in [6.45, 7) is 0.350. The molecule has 1 amide bonds. The average Bonchev–Trinajstić information content (AvgIpc) is 3.31. The van der Waals surface area contributed by atoms with E-state index in [4.69, 9.17) is 13.9 Å². The highest BCUT2D eigenvalue weighted by molar-refractivity contribution is 5.96. The number of fused-ring (bicyclic) bond motifs is 1. The van der Waals surface area contributed by atoms with Gasteiger partial charge >= 0.3 is 5.63 Å². The van der Waals surface area contributed by atoms with Crippen LogP contribution in [0.5, 0.6) is 11.5 Å². The van der Waals surface area contributed by atoms with Crippen molar-refractivity contribution >= 4 is 16.9 Å². The molecule has 3 aromatic rings. The van der Waals surface area contributed by atoms with E-state index >= 15 is 0 Å². The van der Waals surface area contributed by atoms with Crippen molar-refractivity contribution in [1.82, 2.24) is 4.90 Å². The number of para-hydroxylation sites is 1. The van der Waals surface area contributed by atoms with Crippen molar-refractivity contribution in [2.75, 3.05) is 14.2 Å². The second-order valence-corrected chi connectivity index (χ2v) is 7.53. The molecule has 6 heteroatoms. The molecular formula is C24H25NO5. The van der Waals surface area contributed by atoms with Crippen molar-refractivity contribution in [2.24, 2.45) is 0 Å². The molecule has 0 N–H and O–H groups in total. The highest BCUT2D eigenvalue weighted by Crippen LogP contribution is 2.30. The number of carbonyl (C=O) groups excluding carboxylic acids is 1. The standard InChI is InChI=1S/C24H25NO5/c1-28-19-12-11-17(22(14-19)29-2)15-25(18-8-4-5-9-18)23(26)20-13-16-7-3-6-10-21(16)30-24(20)27/h3,6-7,10-14,18H,4-5,8-9,15H2,1-2H3. The third-order valence-corrected chi connectivity index (χ3v) is 5.73. The zero-order valence-corrected chi connectivity index (χ0v) is 17.2. The Bertz CT molecular complexity index is 1110. The normalized spacial score (nSPS) is 14.1. The third-order valence-electron chi connectivity index (χ3n) is 5.73. The van der Waals surface area contributed by atoms with Gasteiger partial charge in [-0.2, -0.15) is 0 Å². The first-order valence-electron chi connectivity index (χ1n) is 10.2. The summed E-state index contributed by atoms with van der Waals surface area (Å²) in [7, 11) is 3.19. The van der Waals surface area contributed by atoms with Crippen molar-refractivity contribution in [2.45, 2.75) is 38.3 Å². The summed E-state index contributed by atoms with van der Waals surface area (Å²) in [5.74, 6) is 1.03. The lowest BCUT2D eigenvalue weighted by Gasteiger charge is -2.29. The van der Waals surface area contributed by atoms with Crippen LogP contribution in [0.25, 0.3) is 11.0 Å². The summed E-state index contributed by atoms with van der Waals surface area (Å²) in [5, 5.41) is 0.730. The van der Waals surface area contributed by atoms with E-state index in [9.17, 15) is 9.59 Å². The number of hydrogen-bond donors (Lipinski definition) is 0. The summed E-state index contributed by atoms with van der Waals surface area (Å²) in [6.07, 6.45) is 3.98. The van der Waals surface area contributed by atoms with E-state index in [0.717, 1.165) is 36.6 Å². The maximum absolute atomic E-state index is 13.5. The van der Waals surface area contributed by atoms with E-state index in [0.29, 0.717) is 23.6 Å². The Hall–Kier alpha value is -3.28. The summed E-state index contributed by atoms with van der Waals surface area (Å²) in [4.78, 5) is 27.9. The molecule has 1 fully saturated rings. The van der Waals surface area contributed by atoms with Gasteiger partial charge in [0.25, 0.3) is 5.91 Å². The van der Waals surface area contributed by atoms with Crippen LogP contribution in [-0.2, 0) is 6.54 Å². The van der Waals surface area contributed by atoms with E-state index in [2.05, 4.69) is 0 Å². The van der Waals surface area contributed by atoms with Gasteiger partial charge in [0.1, 0.15) is 22.6 Å². The number of methoxy groups -OCH3 is 2. The number of nitrogens with zero attached hydrogens (tertiary/aromatic N) is 1. The predicted molar refractivity (Wildman–Crippen MR) is 114 cm³/mol. The number of benzene rings is 2. The Morgan fingerprint density at radius 3 is 2.57 bits per heavy atom. The van der Waals surface area contributed by atoms with E-state index in [1.54, 1.807) is 43.4 Å². The highest BCUT2D eigenvalue weighted by atomic mass is 16.5. The number of amides is 1. The molecule has 2 aromatic carbocycles. The van der Waals surface area contributed by atoms with Crippen molar-refractivity contribution in [1.29, 1.82) is 0 Å². The van der Waals surface area contributed by atoms with Gasteiger partial charge in [-0.3, -0.25) is 4.79 Å². The van der Waals surface area contributed by atoms with E-state index < -0.39 is 5.63 Å². The molecule has 0 bridgehead atoms. The fourth-order valence-electron chi connectivity index (χ4n) is 4.11. The number of ether oxygens (including phenoxy) is 2. The molecule has 0 atom stereocenters. The monoisotopic (exact) mass is 407 g/mol. The molecule has 6 nitrogen and oxygen atoms in total. The lowest BCUT2D eigenvalue weighted by Crippen LogP contribution is -2.40. The van der Waals surface area contributed by atoms with Crippen LogP contribution in [0.1, 0.15) is 41.6 Å². The minimum atomic E-state index is -0.608. The second-order valence-electron chi connectivity index (χ2n) is 7.53. The lowest BCUT2D eigenvalue weighted by molar-refractivity contribution is 0.0659. The Kier molecular flexibility index (Phi) is 5.74. The lowest BCUT2D eigenvalue weighted by atomic mass is 10.1. The largest absolute Gasteiger partial charge is 0.497 e. The zero-order chi connectivity index (χ0) is 21.1. The maximum Gasteiger partial charge on any atom is 0.349 e. The van der Waals surface area contributed by atoms with Crippen LogP contribution in [0.15, 0.2) is 57.7 Å². The predicted octanol–water partition coefficient (Wildman–Crippen LogP) is 4.40. The molecular weight excluding hydrogens is 382 g/mol. The van der Waals surface area contributed by atoms with E-state index in [1.807, 2.05) is 24.3 Å². The Morgan fingerprint density at radius 2 is 1.83 bits per heavy atom. The molecule has 0 aliphatic heterocycles. The minimum Gasteiger partial charge on any atom is -0.497 e. The Balaban J connectivity index is 1.72. The third kappa shape index (κ3) is 3.90. The highest BCUT2D eigenvalue weighted by Gasteiger charge is 2.30. The van der Waals surface area contributed by atoms with Crippen LogP contribution in [-0.4, -0.2) is 31.1 Å². The zero-order valence-electron chi connectivity index (χ0n) is 17.2. The SMILES string of the molecule is COc1ccc(CN(C(=O)c2cc3ccccc3oc2=O)C2CCCC2)c(OC)c1. The van der Waals surface area contributed by atoms with Crippen LogP contribution < -0.4 is 15.1 Å². The van der Waals surface area contributed by atoms with Gasteiger partial charge in [-0.15, -0.1) is 0 Å². The van der Waals surface area contributed by atoms with Gasteiger partial charge in [-0.05, 0) is 37.1 Å². The van der Waals surface area contributed by atoms with E-state index in [-0.39, 0.29) is 17.5 Å². The van der Waals surface area contributed by atoms with Gasteiger partial charge in [0, 0.05) is 29.6 Å². The molecule has 1 saturated carbocycles. The summed E-state index contributed by atoms with van der Waals surface area (Å²) < 4.78 is 16.2. The van der Waals surface area contributed by atoms with Gasteiger partial charge in [0.2, 0.25) is 0 Å². The Morgan fingerprint density at radius 1 is 1.07 bits per heavy atom. The average molecular weight is 407 g/mol. The molecule has 1 aromatic heterocycles. The number of carbonyl (C=O) groups is 1. The molecule has 30 heavy (non-hydrogen) atoms. The van der Waals surface area contributed by atoms with Crippen molar-refractivity contribution in [3.8, 4) is 11.5 Å². The van der Waals surface area contributed by atoms with E-state index in [1.165, 1.54) is 0 Å². The maximum atomic E-state index is 13.5. The molecule has 4 rings (SSSR count). The van der Waals surface area contributed by atoms with Crippen LogP contribution in [0.4, 0.5) is 0 Å². The number of hydrogen-bond acceptors (Lipinski definition) is 5. The Labute approximate surface area is 175 Å².